The van der Waals surface area contributed by atoms with Gasteiger partial charge in [0, 0.05) is 38.4 Å². The third kappa shape index (κ3) is 4.87. The third-order valence-corrected chi connectivity index (χ3v) is 5.66. The molecule has 0 spiro atoms. The maximum absolute atomic E-state index is 12.3. The second-order valence-corrected chi connectivity index (χ2v) is 8.21. The molecule has 0 radical (unpaired) electrons. The van der Waals surface area contributed by atoms with Gasteiger partial charge in [-0.1, -0.05) is 34.1 Å². The van der Waals surface area contributed by atoms with E-state index in [-0.39, 0.29) is 5.91 Å². The highest BCUT2D eigenvalue weighted by Crippen LogP contribution is 2.29. The summed E-state index contributed by atoms with van der Waals surface area (Å²) in [6, 6.07) is 22.6. The minimum Gasteiger partial charge on any atom is -0.497 e. The SMILES string of the molecule is COc1cccc(Nc2nc(-c3ccc(NC(=O)c4ccc(Br)cc4)cc3)cs2)c1. The van der Waals surface area contributed by atoms with Gasteiger partial charge in [-0.15, -0.1) is 11.3 Å². The summed E-state index contributed by atoms with van der Waals surface area (Å²) in [6.45, 7) is 0. The van der Waals surface area contributed by atoms with Gasteiger partial charge in [0.1, 0.15) is 5.75 Å². The molecule has 0 bridgehead atoms. The van der Waals surface area contributed by atoms with Gasteiger partial charge in [-0.2, -0.15) is 0 Å². The Balaban J connectivity index is 1.43. The fraction of sp³-hybridized carbons (Fsp3) is 0.0435. The quantitative estimate of drug-likeness (QED) is 0.327. The number of hydrogen-bond acceptors (Lipinski definition) is 5. The molecule has 0 saturated carbocycles. The molecule has 1 aromatic heterocycles. The van der Waals surface area contributed by atoms with E-state index in [1.807, 2.05) is 66.0 Å². The van der Waals surface area contributed by atoms with Gasteiger partial charge in [-0.05, 0) is 48.5 Å². The maximum atomic E-state index is 12.3. The Morgan fingerprint density at radius 2 is 1.77 bits per heavy atom. The van der Waals surface area contributed by atoms with E-state index in [1.165, 1.54) is 11.3 Å². The zero-order valence-electron chi connectivity index (χ0n) is 16.1. The molecule has 2 N–H and O–H groups in total. The summed E-state index contributed by atoms with van der Waals surface area (Å²) in [4.78, 5) is 17.0. The van der Waals surface area contributed by atoms with Crippen molar-refractivity contribution in [2.45, 2.75) is 0 Å². The number of amides is 1. The van der Waals surface area contributed by atoms with Gasteiger partial charge in [-0.3, -0.25) is 4.79 Å². The number of ether oxygens (including phenoxy) is 1. The number of thiazole rings is 1. The van der Waals surface area contributed by atoms with Crippen molar-refractivity contribution >= 4 is 49.7 Å². The number of nitrogens with zero attached hydrogens (tertiary/aromatic N) is 1. The van der Waals surface area contributed by atoms with Crippen LogP contribution in [0.1, 0.15) is 10.4 Å². The summed E-state index contributed by atoms with van der Waals surface area (Å²) in [5.74, 6) is 0.645. The summed E-state index contributed by atoms with van der Waals surface area (Å²) in [7, 11) is 1.64. The lowest BCUT2D eigenvalue weighted by Crippen LogP contribution is -2.11. The van der Waals surface area contributed by atoms with E-state index in [0.29, 0.717) is 5.56 Å². The van der Waals surface area contributed by atoms with E-state index in [1.54, 1.807) is 19.2 Å². The maximum Gasteiger partial charge on any atom is 0.255 e. The van der Waals surface area contributed by atoms with Gasteiger partial charge in [0.05, 0.1) is 12.8 Å². The van der Waals surface area contributed by atoms with Gasteiger partial charge in [-0.25, -0.2) is 4.98 Å². The van der Waals surface area contributed by atoms with Crippen LogP contribution < -0.4 is 15.4 Å². The summed E-state index contributed by atoms with van der Waals surface area (Å²) in [5, 5.41) is 9.00. The van der Waals surface area contributed by atoms with Crippen LogP contribution in [-0.4, -0.2) is 18.0 Å². The molecule has 0 atom stereocenters. The highest BCUT2D eigenvalue weighted by Gasteiger charge is 2.08. The summed E-state index contributed by atoms with van der Waals surface area (Å²) in [6.07, 6.45) is 0. The first-order valence-electron chi connectivity index (χ1n) is 9.15. The van der Waals surface area contributed by atoms with Crippen LogP contribution in [-0.2, 0) is 0 Å². The molecular weight excluding hydrogens is 462 g/mol. The van der Waals surface area contributed by atoms with E-state index in [2.05, 4.69) is 31.5 Å². The number of anilines is 3. The van der Waals surface area contributed by atoms with Crippen molar-refractivity contribution < 1.29 is 9.53 Å². The van der Waals surface area contributed by atoms with Crippen molar-refractivity contribution in [2.75, 3.05) is 17.7 Å². The van der Waals surface area contributed by atoms with Crippen LogP contribution in [0, 0.1) is 0 Å². The Labute approximate surface area is 186 Å². The second kappa shape index (κ2) is 9.11. The zero-order chi connectivity index (χ0) is 20.9. The Kier molecular flexibility index (Phi) is 6.11. The third-order valence-electron chi connectivity index (χ3n) is 4.37. The summed E-state index contributed by atoms with van der Waals surface area (Å²) in [5.41, 5.74) is 4.11. The largest absolute Gasteiger partial charge is 0.497 e. The van der Waals surface area contributed by atoms with Crippen molar-refractivity contribution in [2.24, 2.45) is 0 Å². The molecule has 4 aromatic rings. The van der Waals surface area contributed by atoms with E-state index >= 15 is 0 Å². The molecule has 0 aliphatic heterocycles. The van der Waals surface area contributed by atoms with E-state index in [0.717, 1.165) is 38.0 Å². The Hall–Kier alpha value is -3.16. The van der Waals surface area contributed by atoms with Crippen molar-refractivity contribution in [3.05, 3.63) is 88.2 Å². The molecule has 0 unspecified atom stereocenters. The first-order chi connectivity index (χ1) is 14.6. The molecule has 4 rings (SSSR count). The molecule has 5 nitrogen and oxygen atoms in total. The first kappa shape index (κ1) is 20.1. The molecule has 0 fully saturated rings. The summed E-state index contributed by atoms with van der Waals surface area (Å²) >= 11 is 4.90. The molecule has 1 amide bonds. The predicted molar refractivity (Wildman–Crippen MR) is 126 cm³/mol. The average molecular weight is 480 g/mol. The Morgan fingerprint density at radius 1 is 1.00 bits per heavy atom. The topological polar surface area (TPSA) is 63.2 Å². The number of aromatic nitrogens is 1. The van der Waals surface area contributed by atoms with Crippen LogP contribution in [0.2, 0.25) is 0 Å². The van der Waals surface area contributed by atoms with Gasteiger partial charge in [0.2, 0.25) is 0 Å². The lowest BCUT2D eigenvalue weighted by molar-refractivity contribution is 0.102. The van der Waals surface area contributed by atoms with Crippen molar-refractivity contribution in [1.82, 2.24) is 4.98 Å². The molecule has 1 heterocycles. The van der Waals surface area contributed by atoms with E-state index in [9.17, 15) is 4.79 Å². The van der Waals surface area contributed by atoms with Crippen LogP contribution in [0.5, 0.6) is 5.75 Å². The van der Waals surface area contributed by atoms with Gasteiger partial charge >= 0.3 is 0 Å². The number of benzene rings is 3. The number of methoxy groups -OCH3 is 1. The molecular formula is C23H18BrN3O2S. The van der Waals surface area contributed by atoms with Gasteiger partial charge in [0.15, 0.2) is 5.13 Å². The zero-order valence-corrected chi connectivity index (χ0v) is 18.5. The number of carbonyl (C=O) groups is 1. The van der Waals surface area contributed by atoms with Gasteiger partial charge < -0.3 is 15.4 Å². The molecule has 0 aliphatic carbocycles. The predicted octanol–water partition coefficient (Wildman–Crippen LogP) is 6.58. The molecule has 7 heteroatoms. The lowest BCUT2D eigenvalue weighted by atomic mass is 10.1. The molecule has 150 valence electrons. The summed E-state index contributed by atoms with van der Waals surface area (Å²) < 4.78 is 6.19. The van der Waals surface area contributed by atoms with E-state index < -0.39 is 0 Å². The first-order valence-corrected chi connectivity index (χ1v) is 10.8. The lowest BCUT2D eigenvalue weighted by Gasteiger charge is -2.06. The standard InChI is InChI=1S/C23H18BrN3O2S/c1-29-20-4-2-3-19(13-20)26-23-27-21(14-30-23)15-7-11-18(12-8-15)25-22(28)16-5-9-17(24)10-6-16/h2-14H,1H3,(H,25,28)(H,26,27). The number of carbonyl (C=O) groups excluding carboxylic acids is 1. The number of rotatable bonds is 6. The Morgan fingerprint density at radius 3 is 2.50 bits per heavy atom. The fourth-order valence-corrected chi connectivity index (χ4v) is 3.82. The average Bonchev–Trinajstić information content (AvgIpc) is 3.23. The number of nitrogens with one attached hydrogen (secondary N) is 2. The minimum atomic E-state index is -0.145. The van der Waals surface area contributed by atoms with Crippen molar-refractivity contribution in [1.29, 1.82) is 0 Å². The van der Waals surface area contributed by atoms with Crippen LogP contribution in [0.4, 0.5) is 16.5 Å². The van der Waals surface area contributed by atoms with E-state index in [4.69, 9.17) is 4.74 Å². The highest BCUT2D eigenvalue weighted by molar-refractivity contribution is 9.10. The normalized spacial score (nSPS) is 10.5. The fourth-order valence-electron chi connectivity index (χ4n) is 2.82. The van der Waals surface area contributed by atoms with Crippen molar-refractivity contribution in [3.63, 3.8) is 0 Å². The smallest absolute Gasteiger partial charge is 0.255 e. The van der Waals surface area contributed by atoms with Crippen LogP contribution in [0.15, 0.2) is 82.6 Å². The van der Waals surface area contributed by atoms with Gasteiger partial charge in [0.25, 0.3) is 5.91 Å². The monoisotopic (exact) mass is 479 g/mol. The Bertz CT molecular complexity index is 1160. The highest BCUT2D eigenvalue weighted by atomic mass is 79.9. The van der Waals surface area contributed by atoms with Crippen LogP contribution in [0.3, 0.4) is 0 Å². The van der Waals surface area contributed by atoms with Crippen molar-refractivity contribution in [3.8, 4) is 17.0 Å². The minimum absolute atomic E-state index is 0.145. The molecule has 0 saturated heterocycles. The molecule has 0 aliphatic rings. The number of halogens is 1. The van der Waals surface area contributed by atoms with Crippen LogP contribution in [0.25, 0.3) is 11.3 Å². The number of hydrogen-bond donors (Lipinski definition) is 2. The van der Waals surface area contributed by atoms with Crippen LogP contribution >= 0.6 is 27.3 Å². The molecule has 30 heavy (non-hydrogen) atoms. The second-order valence-electron chi connectivity index (χ2n) is 6.43. The molecule has 3 aromatic carbocycles.